The maximum atomic E-state index is 13.2. The van der Waals surface area contributed by atoms with E-state index in [0.29, 0.717) is 18.9 Å². The Morgan fingerprint density at radius 2 is 1.82 bits per heavy atom. The molecule has 0 spiro atoms. The summed E-state index contributed by atoms with van der Waals surface area (Å²) in [5.41, 5.74) is 5.43. The first-order valence-corrected chi connectivity index (χ1v) is 13.3. The van der Waals surface area contributed by atoms with Gasteiger partial charge in [0.05, 0.1) is 6.04 Å². The van der Waals surface area contributed by atoms with E-state index in [9.17, 15) is 22.8 Å². The Balaban J connectivity index is 2.19. The van der Waals surface area contributed by atoms with Crippen molar-refractivity contribution < 1.29 is 27.2 Å². The maximum Gasteiger partial charge on any atom is 0.284 e. The molecule has 1 aliphatic rings. The molecule has 2 heterocycles. The van der Waals surface area contributed by atoms with E-state index in [2.05, 4.69) is 15.5 Å². The third kappa shape index (κ3) is 5.89. The Kier molecular flexibility index (Phi) is 8.42. The second-order valence-corrected chi connectivity index (χ2v) is 12.8. The van der Waals surface area contributed by atoms with Crippen LogP contribution in [0.4, 0.5) is 0 Å². The first kappa shape index (κ1) is 28.1. The lowest BCUT2D eigenvalue weighted by Gasteiger charge is -2.36. The van der Waals surface area contributed by atoms with E-state index in [1.807, 2.05) is 20.8 Å². The lowest BCUT2D eigenvalue weighted by Crippen LogP contribution is -2.63. The normalized spacial score (nSPS) is 21.4. The van der Waals surface area contributed by atoms with E-state index < -0.39 is 38.0 Å². The number of aromatic nitrogens is 2. The zero-order chi connectivity index (χ0) is 26.1. The van der Waals surface area contributed by atoms with Gasteiger partial charge in [-0.3, -0.25) is 24.6 Å². The Labute approximate surface area is 201 Å². The quantitative estimate of drug-likeness (QED) is 0.469. The molecule has 11 nitrogen and oxygen atoms in total. The number of nitrogens with zero attached hydrogens (tertiary/aromatic N) is 3. The average molecular weight is 500 g/mol. The highest BCUT2D eigenvalue weighted by Gasteiger charge is 2.56. The Morgan fingerprint density at radius 3 is 2.32 bits per heavy atom. The van der Waals surface area contributed by atoms with Gasteiger partial charge >= 0.3 is 0 Å². The number of hydrogen-bond acceptors (Lipinski definition) is 10. The van der Waals surface area contributed by atoms with Crippen LogP contribution < -0.4 is 11.1 Å². The number of carbonyl (C=O) groups excluding carboxylic acids is 3. The van der Waals surface area contributed by atoms with Crippen LogP contribution in [-0.4, -0.2) is 71.4 Å². The van der Waals surface area contributed by atoms with Crippen LogP contribution in [0.25, 0.3) is 0 Å². The number of ketones is 1. The highest BCUT2D eigenvalue weighted by atomic mass is 32.2. The lowest BCUT2D eigenvalue weighted by molar-refractivity contribution is -0.135. The van der Waals surface area contributed by atoms with E-state index in [1.165, 1.54) is 4.90 Å². The number of nitrogens with two attached hydrogens (primary N) is 1. The fraction of sp³-hybridized carbons (Fsp3) is 0.773. The van der Waals surface area contributed by atoms with Crippen LogP contribution in [0, 0.1) is 11.8 Å². The lowest BCUT2D eigenvalue weighted by atomic mass is 9.97. The number of Topliss-reactive ketones (excluding diaryl/α,β-unsaturated/α-hetero) is 1. The van der Waals surface area contributed by atoms with Crippen LogP contribution in [0.3, 0.4) is 0 Å². The molecule has 1 saturated heterocycles. The van der Waals surface area contributed by atoms with E-state index >= 15 is 0 Å². The van der Waals surface area contributed by atoms with Crippen molar-refractivity contribution in [3.8, 4) is 0 Å². The van der Waals surface area contributed by atoms with Crippen molar-refractivity contribution in [1.82, 2.24) is 20.4 Å². The van der Waals surface area contributed by atoms with Crippen LogP contribution in [0.15, 0.2) is 4.42 Å². The number of carbonyl (C=O) groups is 3. The Bertz CT molecular complexity index is 1030. The van der Waals surface area contributed by atoms with Crippen molar-refractivity contribution in [2.24, 2.45) is 17.6 Å². The van der Waals surface area contributed by atoms with Gasteiger partial charge in [0, 0.05) is 31.2 Å². The summed E-state index contributed by atoms with van der Waals surface area (Å²) in [6.45, 7) is 11.4. The van der Waals surface area contributed by atoms with E-state index in [1.54, 1.807) is 20.8 Å². The second kappa shape index (κ2) is 10.2. The fourth-order valence-electron chi connectivity index (χ4n) is 4.01. The molecule has 12 heteroatoms. The highest BCUT2D eigenvalue weighted by Crippen LogP contribution is 2.35. The smallest absolute Gasteiger partial charge is 0.284 e. The third-order valence-corrected chi connectivity index (χ3v) is 7.93. The highest BCUT2D eigenvalue weighted by molar-refractivity contribution is 7.92. The number of hydrogen-bond donors (Lipinski definition) is 2. The molecule has 0 aliphatic carbocycles. The molecule has 0 aromatic carbocycles. The number of rotatable bonds is 9. The average Bonchev–Trinajstić information content (AvgIpc) is 3.34. The molecule has 0 radical (unpaired) electrons. The van der Waals surface area contributed by atoms with Crippen molar-refractivity contribution in [1.29, 1.82) is 0 Å². The number of sulfone groups is 1. The predicted octanol–water partition coefficient (Wildman–Crippen LogP) is 1.04. The number of imide groups is 1. The monoisotopic (exact) mass is 499 g/mol. The van der Waals surface area contributed by atoms with Gasteiger partial charge in [-0.05, 0) is 24.7 Å². The molecule has 1 aromatic rings. The minimum absolute atomic E-state index is 0.0287. The molecule has 3 N–H and O–H groups in total. The molecule has 2 amide bonds. The van der Waals surface area contributed by atoms with Crippen LogP contribution in [0.1, 0.15) is 77.4 Å². The van der Waals surface area contributed by atoms with Crippen molar-refractivity contribution >= 4 is 27.4 Å². The molecule has 3 atom stereocenters. The maximum absolute atomic E-state index is 13.2. The minimum Gasteiger partial charge on any atom is -0.418 e. The molecule has 0 unspecified atom stereocenters. The van der Waals surface area contributed by atoms with Crippen molar-refractivity contribution in [3.63, 3.8) is 0 Å². The molecular weight excluding hydrogens is 462 g/mol. The standard InChI is InChI=1S/C22H37N5O6S/c1-13(2)16(23)17(29)24-19(30)22(34(7,31)32)9-8-10-27(22)12-14(3)11-15(28)18-25-26-20(33-18)21(4,5)6/h13-14,16H,8-12,23H2,1-7H3,(H,24,29,30)/t14-,16-,22+/m0/s1. The predicted molar refractivity (Wildman–Crippen MR) is 125 cm³/mol. The molecule has 0 bridgehead atoms. The van der Waals surface area contributed by atoms with Crippen LogP contribution in [0.2, 0.25) is 0 Å². The van der Waals surface area contributed by atoms with E-state index in [4.69, 9.17) is 10.2 Å². The Morgan fingerprint density at radius 1 is 1.21 bits per heavy atom. The van der Waals surface area contributed by atoms with Crippen LogP contribution >= 0.6 is 0 Å². The zero-order valence-corrected chi connectivity index (χ0v) is 21.9. The second-order valence-electron chi connectivity index (χ2n) is 10.6. The van der Waals surface area contributed by atoms with Crippen molar-refractivity contribution in [2.45, 2.75) is 77.1 Å². The van der Waals surface area contributed by atoms with Crippen molar-refractivity contribution in [3.05, 3.63) is 11.8 Å². The third-order valence-electron chi connectivity index (χ3n) is 6.05. The molecule has 34 heavy (non-hydrogen) atoms. The molecule has 1 fully saturated rings. The molecule has 1 aliphatic heterocycles. The SMILES string of the molecule is CC(C)[C@H](N)C(=O)NC(=O)[C@]1(S(C)(=O)=O)CCCN1C[C@@H](C)CC(=O)c1nnc(C(C)(C)C)o1. The van der Waals surface area contributed by atoms with Crippen LogP contribution in [0.5, 0.6) is 0 Å². The van der Waals surface area contributed by atoms with Gasteiger partial charge in [0.2, 0.25) is 22.5 Å². The Hall–Kier alpha value is -2.18. The molecular formula is C22H37N5O6S. The van der Waals surface area contributed by atoms with Gasteiger partial charge in [0.1, 0.15) is 0 Å². The minimum atomic E-state index is -3.95. The largest absolute Gasteiger partial charge is 0.418 e. The van der Waals surface area contributed by atoms with E-state index in [-0.39, 0.29) is 42.9 Å². The first-order chi connectivity index (χ1) is 15.5. The van der Waals surface area contributed by atoms with Gasteiger partial charge in [-0.25, -0.2) is 8.42 Å². The molecule has 192 valence electrons. The summed E-state index contributed by atoms with van der Waals surface area (Å²) < 4.78 is 31.2. The summed E-state index contributed by atoms with van der Waals surface area (Å²) >= 11 is 0. The molecule has 1 aromatic heterocycles. The van der Waals surface area contributed by atoms with Gasteiger partial charge < -0.3 is 10.2 Å². The summed E-state index contributed by atoms with van der Waals surface area (Å²) in [5.74, 6) is -2.28. The van der Waals surface area contributed by atoms with Gasteiger partial charge in [-0.2, -0.15) is 0 Å². The summed E-state index contributed by atoms with van der Waals surface area (Å²) in [7, 11) is -3.95. The fourth-order valence-corrected chi connectivity index (χ4v) is 5.55. The van der Waals surface area contributed by atoms with Gasteiger partial charge in [-0.15, -0.1) is 10.2 Å². The van der Waals surface area contributed by atoms with Gasteiger partial charge in [-0.1, -0.05) is 41.5 Å². The number of nitrogens with one attached hydrogen (secondary N) is 1. The summed E-state index contributed by atoms with van der Waals surface area (Å²) in [6.07, 6.45) is 1.51. The van der Waals surface area contributed by atoms with Crippen molar-refractivity contribution in [2.75, 3.05) is 19.3 Å². The van der Waals surface area contributed by atoms with E-state index in [0.717, 1.165) is 6.26 Å². The summed E-state index contributed by atoms with van der Waals surface area (Å²) in [6, 6.07) is -0.945. The number of likely N-dealkylation sites (tertiary alicyclic amines) is 1. The topological polar surface area (TPSA) is 166 Å². The molecule has 2 rings (SSSR count). The summed E-state index contributed by atoms with van der Waals surface area (Å²) in [5, 5.41) is 9.98. The number of amides is 2. The zero-order valence-electron chi connectivity index (χ0n) is 21.0. The van der Waals surface area contributed by atoms with Gasteiger partial charge in [0.25, 0.3) is 11.8 Å². The van der Waals surface area contributed by atoms with Gasteiger partial charge in [0.15, 0.2) is 9.84 Å². The summed E-state index contributed by atoms with van der Waals surface area (Å²) in [4.78, 5) is 37.9. The van der Waals surface area contributed by atoms with Crippen LogP contribution in [-0.2, 0) is 24.8 Å². The first-order valence-electron chi connectivity index (χ1n) is 11.4. The molecule has 0 saturated carbocycles.